The molecular weight excluding hydrogens is 287 g/mol. The summed E-state index contributed by atoms with van der Waals surface area (Å²) in [6, 6.07) is 11.8. The molecule has 0 spiro atoms. The Morgan fingerprint density at radius 2 is 2.05 bits per heavy atom. The zero-order valence-electron chi connectivity index (χ0n) is 11.9. The van der Waals surface area contributed by atoms with E-state index in [1.54, 1.807) is 19.2 Å². The first-order chi connectivity index (χ1) is 10.0. The molecule has 0 bridgehead atoms. The maximum atomic E-state index is 13.3. The van der Waals surface area contributed by atoms with Gasteiger partial charge in [0.1, 0.15) is 16.6 Å². The molecule has 0 aliphatic carbocycles. The number of methoxy groups -OCH3 is 1. The van der Waals surface area contributed by atoms with Crippen LogP contribution >= 0.6 is 12.2 Å². The van der Waals surface area contributed by atoms with Crippen LogP contribution in [0.15, 0.2) is 42.5 Å². The molecule has 2 aromatic rings. The lowest BCUT2D eigenvalue weighted by Crippen LogP contribution is -2.15. The highest BCUT2D eigenvalue weighted by Gasteiger charge is 2.11. The molecule has 0 saturated carbocycles. The number of nitrogens with one attached hydrogen (secondary N) is 1. The summed E-state index contributed by atoms with van der Waals surface area (Å²) >= 11 is 5.06. The molecule has 1 unspecified atom stereocenters. The average Bonchev–Trinajstić information content (AvgIpc) is 2.46. The summed E-state index contributed by atoms with van der Waals surface area (Å²) < 4.78 is 18.5. The Labute approximate surface area is 128 Å². The van der Waals surface area contributed by atoms with Crippen molar-refractivity contribution in [1.29, 1.82) is 0 Å². The van der Waals surface area contributed by atoms with E-state index in [1.807, 2.05) is 25.1 Å². The first kappa shape index (κ1) is 15.3. The summed E-state index contributed by atoms with van der Waals surface area (Å²) in [5.41, 5.74) is 8.07. The molecule has 0 aliphatic heterocycles. The van der Waals surface area contributed by atoms with Crippen LogP contribution in [0, 0.1) is 5.82 Å². The van der Waals surface area contributed by atoms with Crippen LogP contribution in [0.4, 0.5) is 10.1 Å². The molecule has 0 radical (unpaired) electrons. The van der Waals surface area contributed by atoms with Crippen molar-refractivity contribution in [2.45, 2.75) is 13.0 Å². The Hall–Kier alpha value is -2.14. The number of benzene rings is 2. The van der Waals surface area contributed by atoms with Gasteiger partial charge in [0.05, 0.1) is 7.11 Å². The smallest absolute Gasteiger partial charge is 0.123 e. The van der Waals surface area contributed by atoms with Crippen molar-refractivity contribution in [1.82, 2.24) is 0 Å². The first-order valence-electron chi connectivity index (χ1n) is 6.51. The van der Waals surface area contributed by atoms with Gasteiger partial charge in [-0.3, -0.25) is 0 Å². The molecular formula is C16H17FN2OS. The lowest BCUT2D eigenvalue weighted by molar-refractivity contribution is 0.415. The van der Waals surface area contributed by atoms with E-state index in [-0.39, 0.29) is 11.9 Å². The molecule has 0 amide bonds. The second-order valence-electron chi connectivity index (χ2n) is 4.70. The van der Waals surface area contributed by atoms with Gasteiger partial charge in [-0.15, -0.1) is 0 Å². The fraction of sp³-hybridized carbons (Fsp3) is 0.188. The van der Waals surface area contributed by atoms with E-state index in [2.05, 4.69) is 5.32 Å². The van der Waals surface area contributed by atoms with Crippen LogP contribution in [0.1, 0.15) is 24.1 Å². The number of ether oxygens (including phenoxy) is 1. The summed E-state index contributed by atoms with van der Waals surface area (Å²) in [6.07, 6.45) is 0. The summed E-state index contributed by atoms with van der Waals surface area (Å²) in [5, 5.41) is 3.30. The summed E-state index contributed by atoms with van der Waals surface area (Å²) in [6.45, 7) is 1.94. The van der Waals surface area contributed by atoms with Crippen LogP contribution in [-0.2, 0) is 0 Å². The standard InChI is InChI=1S/C16H17FN2OS/c1-10(11-4-3-5-12(17)8-11)19-15-9-13(20-2)6-7-14(15)16(18)21/h3-10,19H,1-2H3,(H2,18,21). The molecule has 1 atom stereocenters. The van der Waals surface area contributed by atoms with Crippen molar-refractivity contribution < 1.29 is 9.13 Å². The third-order valence-corrected chi connectivity index (χ3v) is 3.43. The average molecular weight is 304 g/mol. The number of rotatable bonds is 5. The van der Waals surface area contributed by atoms with Crippen LogP contribution in [0.2, 0.25) is 0 Å². The van der Waals surface area contributed by atoms with E-state index in [9.17, 15) is 4.39 Å². The van der Waals surface area contributed by atoms with Gasteiger partial charge >= 0.3 is 0 Å². The van der Waals surface area contributed by atoms with Gasteiger partial charge in [-0.05, 0) is 36.8 Å². The summed E-state index contributed by atoms with van der Waals surface area (Å²) in [5.74, 6) is 0.435. The molecule has 0 aliphatic rings. The van der Waals surface area contributed by atoms with Crippen molar-refractivity contribution in [3.05, 3.63) is 59.4 Å². The molecule has 3 N–H and O–H groups in total. The molecule has 2 rings (SSSR count). The minimum Gasteiger partial charge on any atom is -0.497 e. The normalized spacial score (nSPS) is 11.8. The number of hydrogen-bond acceptors (Lipinski definition) is 3. The third kappa shape index (κ3) is 3.70. The van der Waals surface area contributed by atoms with E-state index in [1.165, 1.54) is 12.1 Å². The number of thiocarbonyl (C=S) groups is 1. The Bertz CT molecular complexity index is 660. The van der Waals surface area contributed by atoms with Crippen molar-refractivity contribution in [3.63, 3.8) is 0 Å². The van der Waals surface area contributed by atoms with Gasteiger partial charge in [0.2, 0.25) is 0 Å². The van der Waals surface area contributed by atoms with Gasteiger partial charge in [0.25, 0.3) is 0 Å². The van der Waals surface area contributed by atoms with E-state index in [0.717, 1.165) is 16.8 Å². The highest BCUT2D eigenvalue weighted by atomic mass is 32.1. The lowest BCUT2D eigenvalue weighted by Gasteiger charge is -2.19. The molecule has 0 fully saturated rings. The van der Waals surface area contributed by atoms with Crippen molar-refractivity contribution >= 4 is 22.9 Å². The minimum absolute atomic E-state index is 0.0964. The Balaban J connectivity index is 2.31. The zero-order valence-corrected chi connectivity index (χ0v) is 12.7. The predicted octanol–water partition coefficient (Wildman–Crippen LogP) is 3.64. The lowest BCUT2D eigenvalue weighted by atomic mass is 10.1. The van der Waals surface area contributed by atoms with Gasteiger partial charge in [0.15, 0.2) is 0 Å². The van der Waals surface area contributed by atoms with Crippen LogP contribution in [0.5, 0.6) is 5.75 Å². The van der Waals surface area contributed by atoms with Gasteiger partial charge in [0, 0.05) is 23.4 Å². The number of hydrogen-bond donors (Lipinski definition) is 2. The van der Waals surface area contributed by atoms with Crippen LogP contribution < -0.4 is 15.8 Å². The number of anilines is 1. The number of nitrogens with two attached hydrogens (primary N) is 1. The first-order valence-corrected chi connectivity index (χ1v) is 6.92. The largest absolute Gasteiger partial charge is 0.497 e. The van der Waals surface area contributed by atoms with Crippen LogP contribution in [0.3, 0.4) is 0 Å². The van der Waals surface area contributed by atoms with E-state index in [0.29, 0.717) is 10.7 Å². The van der Waals surface area contributed by atoms with E-state index < -0.39 is 0 Å². The van der Waals surface area contributed by atoms with Crippen LogP contribution in [-0.4, -0.2) is 12.1 Å². The van der Waals surface area contributed by atoms with Gasteiger partial charge in [-0.25, -0.2) is 4.39 Å². The maximum Gasteiger partial charge on any atom is 0.123 e. The minimum atomic E-state index is -0.263. The Morgan fingerprint density at radius 3 is 2.67 bits per heavy atom. The topological polar surface area (TPSA) is 47.3 Å². The fourth-order valence-corrected chi connectivity index (χ4v) is 2.26. The van der Waals surface area contributed by atoms with Crippen LogP contribution in [0.25, 0.3) is 0 Å². The number of halogens is 1. The van der Waals surface area contributed by atoms with Gasteiger partial charge in [-0.2, -0.15) is 0 Å². The third-order valence-electron chi connectivity index (χ3n) is 3.21. The van der Waals surface area contributed by atoms with Gasteiger partial charge < -0.3 is 15.8 Å². The molecule has 0 saturated heterocycles. The second-order valence-corrected chi connectivity index (χ2v) is 5.14. The van der Waals surface area contributed by atoms with E-state index >= 15 is 0 Å². The monoisotopic (exact) mass is 304 g/mol. The highest BCUT2D eigenvalue weighted by molar-refractivity contribution is 7.80. The molecule has 2 aromatic carbocycles. The molecule has 3 nitrogen and oxygen atoms in total. The van der Waals surface area contributed by atoms with Crippen molar-refractivity contribution in [3.8, 4) is 5.75 Å². The van der Waals surface area contributed by atoms with E-state index in [4.69, 9.17) is 22.7 Å². The Kier molecular flexibility index (Phi) is 4.75. The summed E-state index contributed by atoms with van der Waals surface area (Å²) in [4.78, 5) is 0.298. The maximum absolute atomic E-state index is 13.3. The Morgan fingerprint density at radius 1 is 1.29 bits per heavy atom. The highest BCUT2D eigenvalue weighted by Crippen LogP contribution is 2.27. The predicted molar refractivity (Wildman–Crippen MR) is 87.3 cm³/mol. The zero-order chi connectivity index (χ0) is 15.4. The molecule has 0 aromatic heterocycles. The molecule has 110 valence electrons. The quantitative estimate of drug-likeness (QED) is 0.828. The molecule has 5 heteroatoms. The van der Waals surface area contributed by atoms with Crippen molar-refractivity contribution in [2.75, 3.05) is 12.4 Å². The van der Waals surface area contributed by atoms with Crippen molar-refractivity contribution in [2.24, 2.45) is 5.73 Å². The SMILES string of the molecule is COc1ccc(C(N)=S)c(NC(C)c2cccc(F)c2)c1. The molecule has 21 heavy (non-hydrogen) atoms. The fourth-order valence-electron chi connectivity index (χ4n) is 2.08. The second kappa shape index (κ2) is 6.54. The van der Waals surface area contributed by atoms with Gasteiger partial charge in [-0.1, -0.05) is 24.4 Å². The molecule has 0 heterocycles. The summed E-state index contributed by atoms with van der Waals surface area (Å²) in [7, 11) is 1.59.